The van der Waals surface area contributed by atoms with E-state index in [-0.39, 0.29) is 0 Å². The fourth-order valence-corrected chi connectivity index (χ4v) is 5.82. The number of anilines is 2. The van der Waals surface area contributed by atoms with Crippen molar-refractivity contribution in [2.24, 2.45) is 11.8 Å². The highest BCUT2D eigenvalue weighted by Gasteiger charge is 2.52. The van der Waals surface area contributed by atoms with Crippen LogP contribution in [0.4, 0.5) is 11.4 Å². The lowest BCUT2D eigenvalue weighted by Gasteiger charge is -2.26. The maximum Gasteiger partial charge on any atom is 0.214 e. The monoisotopic (exact) mass is 540 g/mol. The number of carbonyl (C=O) groups is 4. The van der Waals surface area contributed by atoms with Crippen molar-refractivity contribution in [1.29, 1.82) is 0 Å². The molecule has 40 heavy (non-hydrogen) atoms. The molecule has 0 aliphatic heterocycles. The average molecular weight is 541 g/mol. The van der Waals surface area contributed by atoms with Crippen LogP contribution < -0.4 is 11.5 Å². The second-order valence-corrected chi connectivity index (χ2v) is 11.8. The molecule has 2 heterocycles. The Labute approximate surface area is 232 Å². The number of fused-ring (bicyclic) bond motifs is 2. The van der Waals surface area contributed by atoms with Crippen molar-refractivity contribution in [2.45, 2.75) is 65.2 Å². The lowest BCUT2D eigenvalue weighted by atomic mass is 9.71. The van der Waals surface area contributed by atoms with Gasteiger partial charge in [-0.15, -0.1) is 0 Å². The number of H-pyrrole nitrogens is 2. The molecule has 2 aromatic carbocycles. The Morgan fingerprint density at radius 3 is 1.30 bits per heavy atom. The van der Waals surface area contributed by atoms with E-state index < -0.39 is 35.0 Å². The van der Waals surface area contributed by atoms with Crippen LogP contribution >= 0.6 is 0 Å². The summed E-state index contributed by atoms with van der Waals surface area (Å²) in [6.45, 7) is 8.33. The smallest absolute Gasteiger partial charge is 0.214 e. The second kappa shape index (κ2) is 10.4. The van der Waals surface area contributed by atoms with Gasteiger partial charge < -0.3 is 21.4 Å². The Kier molecular flexibility index (Phi) is 7.12. The number of hydrogen-bond donors (Lipinski definition) is 4. The molecule has 5 rings (SSSR count). The summed E-state index contributed by atoms with van der Waals surface area (Å²) in [6.07, 6.45) is 2.72. The van der Waals surface area contributed by atoms with Gasteiger partial charge in [0.05, 0.1) is 0 Å². The highest BCUT2D eigenvalue weighted by molar-refractivity contribution is 6.64. The molecule has 0 saturated heterocycles. The van der Waals surface area contributed by atoms with E-state index in [1.807, 2.05) is 0 Å². The van der Waals surface area contributed by atoms with E-state index in [9.17, 15) is 19.2 Å². The minimum Gasteiger partial charge on any atom is -0.399 e. The van der Waals surface area contributed by atoms with Crippen molar-refractivity contribution in [1.82, 2.24) is 9.97 Å². The molecule has 0 unspecified atom stereocenters. The summed E-state index contributed by atoms with van der Waals surface area (Å²) in [7, 11) is 0. The Morgan fingerprint density at radius 2 is 0.975 bits per heavy atom. The third-order valence-electron chi connectivity index (χ3n) is 7.94. The fourth-order valence-electron chi connectivity index (χ4n) is 5.82. The number of hydrogen-bond acceptors (Lipinski definition) is 6. The Morgan fingerprint density at radius 1 is 0.625 bits per heavy atom. The van der Waals surface area contributed by atoms with Crippen LogP contribution in [0.15, 0.2) is 36.4 Å². The third-order valence-corrected chi connectivity index (χ3v) is 7.94. The van der Waals surface area contributed by atoms with E-state index in [0.717, 1.165) is 12.8 Å². The van der Waals surface area contributed by atoms with Crippen LogP contribution in [0.2, 0.25) is 0 Å². The van der Waals surface area contributed by atoms with Gasteiger partial charge in [-0.1, -0.05) is 27.7 Å². The average Bonchev–Trinajstić information content (AvgIpc) is 3.43. The van der Waals surface area contributed by atoms with E-state index in [0.29, 0.717) is 80.4 Å². The van der Waals surface area contributed by atoms with Gasteiger partial charge in [0.2, 0.25) is 23.1 Å². The molecule has 0 radical (unpaired) electrons. The molecule has 1 fully saturated rings. The minimum absolute atomic E-state index is 0.369. The molecule has 1 aliphatic carbocycles. The molecule has 0 bridgehead atoms. The summed E-state index contributed by atoms with van der Waals surface area (Å²) in [6, 6.07) is 10.4. The largest absolute Gasteiger partial charge is 0.399 e. The molecular weight excluding hydrogens is 504 g/mol. The lowest BCUT2D eigenvalue weighted by Crippen LogP contribution is -2.46. The Balaban J connectivity index is 1.64. The maximum atomic E-state index is 13.9. The summed E-state index contributed by atoms with van der Waals surface area (Å²) in [5.74, 6) is -5.71. The molecule has 8 nitrogen and oxygen atoms in total. The van der Waals surface area contributed by atoms with Crippen LogP contribution in [-0.4, -0.2) is 33.1 Å². The second-order valence-electron chi connectivity index (χ2n) is 11.8. The number of nitrogens with two attached hydrogens (primary N) is 2. The Bertz CT molecular complexity index is 1520. The first-order valence-corrected chi connectivity index (χ1v) is 13.9. The normalized spacial score (nSPS) is 18.2. The zero-order chi connectivity index (χ0) is 28.9. The number of benzene rings is 2. The van der Waals surface area contributed by atoms with E-state index in [1.54, 1.807) is 36.4 Å². The fraction of sp³-hybridized carbons (Fsp3) is 0.375. The number of Topliss-reactive ketones (excluding diaryl/α,β-unsaturated/α-hetero) is 4. The van der Waals surface area contributed by atoms with Gasteiger partial charge in [-0.05, 0) is 85.0 Å². The molecule has 4 aromatic rings. The summed E-state index contributed by atoms with van der Waals surface area (Å²) in [5.41, 5.74) is 16.6. The van der Waals surface area contributed by atoms with E-state index >= 15 is 0 Å². The molecule has 0 amide bonds. The number of aromatic nitrogens is 2. The van der Waals surface area contributed by atoms with Crippen molar-refractivity contribution in [3.8, 4) is 0 Å². The predicted molar refractivity (Wildman–Crippen MR) is 157 cm³/mol. The van der Waals surface area contributed by atoms with Gasteiger partial charge >= 0.3 is 0 Å². The van der Waals surface area contributed by atoms with Gasteiger partial charge in [0, 0.05) is 44.6 Å². The number of rotatable bonds is 8. The van der Waals surface area contributed by atoms with Crippen molar-refractivity contribution >= 4 is 56.3 Å². The van der Waals surface area contributed by atoms with E-state index in [2.05, 4.69) is 37.7 Å². The van der Waals surface area contributed by atoms with Crippen LogP contribution in [0.3, 0.4) is 0 Å². The molecular formula is C32H36N4O4. The summed E-state index contributed by atoms with van der Waals surface area (Å²) in [4.78, 5) is 62.2. The van der Waals surface area contributed by atoms with Gasteiger partial charge in [0.15, 0.2) is 0 Å². The number of aryl methyl sites for hydroxylation is 2. The SMILES string of the molecule is CC(C)CCc1[nH]c2ccc(N)cc2c1C1C(=O)C(=O)C(c2c(CCC(C)C)[nH]c3ccc(N)cc23)C(=O)C1=O. The zero-order valence-electron chi connectivity index (χ0n) is 23.4. The first kappa shape index (κ1) is 27.4. The minimum atomic E-state index is -1.50. The highest BCUT2D eigenvalue weighted by Crippen LogP contribution is 2.41. The Hall–Kier alpha value is -4.20. The standard InChI is InChI=1S/C32H36N4O4/c1-15(2)5-9-23-25(19-13-17(33)7-11-21(19)35-23)27-29(37)31(39)28(32(40)30(27)38)26-20-14-18(34)8-12-22(20)36-24(26)10-6-16(3)4/h7-8,11-16,27-28,35-36H,5-6,9-10,33-34H2,1-4H3. The summed E-state index contributed by atoms with van der Waals surface area (Å²) in [5, 5.41) is 1.17. The van der Waals surface area contributed by atoms with Gasteiger partial charge in [-0.3, -0.25) is 19.2 Å². The molecule has 208 valence electrons. The van der Waals surface area contributed by atoms with E-state index in [4.69, 9.17) is 11.5 Å². The molecule has 2 aromatic heterocycles. The number of carbonyl (C=O) groups excluding carboxylic acids is 4. The number of aromatic amines is 2. The molecule has 8 heteroatoms. The lowest BCUT2D eigenvalue weighted by molar-refractivity contribution is -0.151. The van der Waals surface area contributed by atoms with Gasteiger partial charge in [-0.25, -0.2) is 0 Å². The molecule has 0 atom stereocenters. The van der Waals surface area contributed by atoms with Crippen LogP contribution in [-0.2, 0) is 32.0 Å². The first-order chi connectivity index (χ1) is 19.0. The third kappa shape index (κ3) is 4.72. The summed E-state index contributed by atoms with van der Waals surface area (Å²) >= 11 is 0. The quantitative estimate of drug-likeness (QED) is 0.138. The van der Waals surface area contributed by atoms with Crippen LogP contribution in [0.5, 0.6) is 0 Å². The van der Waals surface area contributed by atoms with E-state index in [1.165, 1.54) is 0 Å². The van der Waals surface area contributed by atoms with Gasteiger partial charge in [-0.2, -0.15) is 0 Å². The van der Waals surface area contributed by atoms with Crippen LogP contribution in [0.1, 0.15) is 74.9 Å². The van der Waals surface area contributed by atoms with Crippen molar-refractivity contribution in [2.75, 3.05) is 11.5 Å². The molecule has 1 saturated carbocycles. The van der Waals surface area contributed by atoms with Crippen molar-refractivity contribution in [3.63, 3.8) is 0 Å². The maximum absolute atomic E-state index is 13.9. The zero-order valence-corrected chi connectivity index (χ0v) is 23.4. The molecule has 6 N–H and O–H groups in total. The number of ketones is 4. The van der Waals surface area contributed by atoms with Gasteiger partial charge in [0.25, 0.3) is 0 Å². The predicted octanol–water partition coefficient (Wildman–Crippen LogP) is 5.15. The van der Waals surface area contributed by atoms with Crippen LogP contribution in [0, 0.1) is 11.8 Å². The summed E-state index contributed by atoms with van der Waals surface area (Å²) < 4.78 is 0. The molecule has 0 spiro atoms. The molecule has 1 aliphatic rings. The van der Waals surface area contributed by atoms with Crippen LogP contribution in [0.25, 0.3) is 21.8 Å². The first-order valence-electron chi connectivity index (χ1n) is 13.9. The van der Waals surface area contributed by atoms with Crippen molar-refractivity contribution < 1.29 is 19.2 Å². The topological polar surface area (TPSA) is 152 Å². The van der Waals surface area contributed by atoms with Crippen molar-refractivity contribution in [3.05, 3.63) is 58.9 Å². The number of nitrogens with one attached hydrogen (secondary N) is 2. The highest BCUT2D eigenvalue weighted by atomic mass is 16.2. The van der Waals surface area contributed by atoms with Gasteiger partial charge in [0.1, 0.15) is 11.8 Å². The number of nitrogen functional groups attached to an aromatic ring is 2.